The van der Waals surface area contributed by atoms with Crippen LogP contribution in [0.15, 0.2) is 12.4 Å². The predicted molar refractivity (Wildman–Crippen MR) is 87.8 cm³/mol. The van der Waals surface area contributed by atoms with Crippen molar-refractivity contribution in [3.05, 3.63) is 18.2 Å². The Morgan fingerprint density at radius 3 is 2.32 bits per heavy atom. The summed E-state index contributed by atoms with van der Waals surface area (Å²) in [5.74, 6) is 1.33. The Morgan fingerprint density at radius 1 is 1.14 bits per heavy atom. The minimum Gasteiger partial charge on any atom is -0.342 e. The molecule has 2 rings (SSSR count). The molecule has 0 spiro atoms. The van der Waals surface area contributed by atoms with E-state index < -0.39 is 0 Å². The number of hydrogen-bond donors (Lipinski definition) is 0. The van der Waals surface area contributed by atoms with Gasteiger partial charge >= 0.3 is 0 Å². The number of likely N-dealkylation sites (N-methyl/N-ethyl adjacent to an activating group) is 1. The fourth-order valence-corrected chi connectivity index (χ4v) is 2.93. The lowest BCUT2D eigenvalue weighted by Crippen LogP contribution is -2.50. The van der Waals surface area contributed by atoms with Crippen molar-refractivity contribution in [1.29, 1.82) is 0 Å². The zero-order chi connectivity index (χ0) is 15.9. The summed E-state index contributed by atoms with van der Waals surface area (Å²) >= 11 is 0. The van der Waals surface area contributed by atoms with Gasteiger partial charge in [-0.05, 0) is 20.8 Å². The molecule has 6 heteroatoms. The Morgan fingerprint density at radius 2 is 1.77 bits per heavy atom. The Bertz CT molecular complexity index is 461. The number of rotatable bonds is 7. The van der Waals surface area contributed by atoms with E-state index in [2.05, 4.69) is 19.4 Å². The van der Waals surface area contributed by atoms with Gasteiger partial charge in [-0.15, -0.1) is 0 Å². The lowest BCUT2D eigenvalue weighted by atomic mass is 10.3. The van der Waals surface area contributed by atoms with Crippen molar-refractivity contribution in [2.75, 3.05) is 52.4 Å². The summed E-state index contributed by atoms with van der Waals surface area (Å²) in [6.07, 6.45) is 3.89. The number of carbonyl (C=O) groups is 1. The van der Waals surface area contributed by atoms with Crippen LogP contribution in [0.1, 0.15) is 19.7 Å². The molecule has 0 bridgehead atoms. The average Bonchev–Trinajstić information content (AvgIpc) is 2.93. The standard InChI is InChI=1S/C16H29N5O/c1-4-20(5-2)16(22)14-19-10-8-18(9-11-19)12-13-21-7-6-17-15(21)3/h6-7H,4-5,8-14H2,1-3H3. The van der Waals surface area contributed by atoms with E-state index >= 15 is 0 Å². The molecule has 0 unspecified atom stereocenters. The molecule has 0 aromatic carbocycles. The number of aromatic nitrogens is 2. The maximum absolute atomic E-state index is 12.1. The molecule has 1 aliphatic heterocycles. The van der Waals surface area contributed by atoms with Gasteiger partial charge in [-0.25, -0.2) is 4.98 Å². The van der Waals surface area contributed by atoms with Gasteiger partial charge in [-0.2, -0.15) is 0 Å². The summed E-state index contributed by atoms with van der Waals surface area (Å²) in [5.41, 5.74) is 0. The SMILES string of the molecule is CCN(CC)C(=O)CN1CCN(CCn2ccnc2C)CC1. The van der Waals surface area contributed by atoms with Crippen LogP contribution < -0.4 is 0 Å². The Hall–Kier alpha value is -1.40. The third-order valence-electron chi connectivity index (χ3n) is 4.52. The van der Waals surface area contributed by atoms with Crippen molar-refractivity contribution in [2.45, 2.75) is 27.3 Å². The van der Waals surface area contributed by atoms with E-state index in [4.69, 9.17) is 0 Å². The molecule has 1 saturated heterocycles. The van der Waals surface area contributed by atoms with Crippen molar-refractivity contribution in [2.24, 2.45) is 0 Å². The minimum absolute atomic E-state index is 0.257. The van der Waals surface area contributed by atoms with Crippen LogP contribution in [0, 0.1) is 6.92 Å². The molecule has 1 aromatic heterocycles. The molecule has 1 fully saturated rings. The monoisotopic (exact) mass is 307 g/mol. The molecule has 0 radical (unpaired) electrons. The first-order valence-electron chi connectivity index (χ1n) is 8.34. The fraction of sp³-hybridized carbons (Fsp3) is 0.750. The van der Waals surface area contributed by atoms with Crippen LogP contribution in [0.5, 0.6) is 0 Å². The van der Waals surface area contributed by atoms with Crippen LogP contribution in [0.4, 0.5) is 0 Å². The number of nitrogens with zero attached hydrogens (tertiary/aromatic N) is 5. The smallest absolute Gasteiger partial charge is 0.236 e. The van der Waals surface area contributed by atoms with Gasteiger partial charge in [0.2, 0.25) is 5.91 Å². The summed E-state index contributed by atoms with van der Waals surface area (Å²) < 4.78 is 2.19. The number of carbonyl (C=O) groups excluding carboxylic acids is 1. The number of amides is 1. The summed E-state index contributed by atoms with van der Waals surface area (Å²) in [4.78, 5) is 23.0. The predicted octanol–water partition coefficient (Wildman–Crippen LogP) is 0.678. The van der Waals surface area contributed by atoms with E-state index in [0.29, 0.717) is 6.54 Å². The Kier molecular flexibility index (Phi) is 6.39. The molecule has 1 aliphatic rings. The Balaban J connectivity index is 1.69. The molecule has 124 valence electrons. The summed E-state index contributed by atoms with van der Waals surface area (Å²) in [6, 6.07) is 0. The molecule has 22 heavy (non-hydrogen) atoms. The number of aryl methyl sites for hydroxylation is 1. The molecule has 0 aliphatic carbocycles. The second kappa shape index (κ2) is 8.29. The zero-order valence-corrected chi connectivity index (χ0v) is 14.2. The van der Waals surface area contributed by atoms with Gasteiger partial charge in [0.15, 0.2) is 0 Å². The Labute approximate surface area is 133 Å². The third kappa shape index (κ3) is 4.55. The fourth-order valence-electron chi connectivity index (χ4n) is 2.93. The number of imidazole rings is 1. The largest absolute Gasteiger partial charge is 0.342 e. The molecule has 2 heterocycles. The van der Waals surface area contributed by atoms with E-state index in [1.807, 2.05) is 38.1 Å². The molecule has 0 N–H and O–H groups in total. The van der Waals surface area contributed by atoms with Crippen LogP contribution in [-0.2, 0) is 11.3 Å². The quantitative estimate of drug-likeness (QED) is 0.743. The van der Waals surface area contributed by atoms with Gasteiger partial charge < -0.3 is 9.47 Å². The lowest BCUT2D eigenvalue weighted by Gasteiger charge is -2.35. The van der Waals surface area contributed by atoms with Gasteiger partial charge in [-0.3, -0.25) is 14.6 Å². The van der Waals surface area contributed by atoms with E-state index in [1.165, 1.54) is 0 Å². The molecule has 0 saturated carbocycles. The van der Waals surface area contributed by atoms with Crippen LogP contribution in [-0.4, -0.2) is 82.5 Å². The maximum Gasteiger partial charge on any atom is 0.236 e. The molecule has 0 atom stereocenters. The van der Waals surface area contributed by atoms with Crippen LogP contribution in [0.25, 0.3) is 0 Å². The first kappa shape index (κ1) is 17.0. The van der Waals surface area contributed by atoms with E-state index in [-0.39, 0.29) is 5.91 Å². The first-order valence-corrected chi connectivity index (χ1v) is 8.34. The molecule has 1 aromatic rings. The van der Waals surface area contributed by atoms with Crippen molar-refractivity contribution < 1.29 is 4.79 Å². The van der Waals surface area contributed by atoms with Crippen molar-refractivity contribution in [1.82, 2.24) is 24.3 Å². The van der Waals surface area contributed by atoms with Gasteiger partial charge in [0, 0.05) is 64.8 Å². The highest BCUT2D eigenvalue weighted by Gasteiger charge is 2.20. The second-order valence-corrected chi connectivity index (χ2v) is 5.85. The van der Waals surface area contributed by atoms with Gasteiger partial charge in [0.25, 0.3) is 0 Å². The highest BCUT2D eigenvalue weighted by atomic mass is 16.2. The first-order chi connectivity index (χ1) is 10.6. The van der Waals surface area contributed by atoms with Crippen molar-refractivity contribution >= 4 is 5.91 Å². The normalized spacial score (nSPS) is 16.9. The van der Waals surface area contributed by atoms with Gasteiger partial charge in [0.05, 0.1) is 6.54 Å². The van der Waals surface area contributed by atoms with Crippen molar-refractivity contribution in [3.8, 4) is 0 Å². The maximum atomic E-state index is 12.1. The molecule has 1 amide bonds. The molecular formula is C16H29N5O. The number of hydrogen-bond acceptors (Lipinski definition) is 4. The van der Waals surface area contributed by atoms with E-state index in [0.717, 1.165) is 58.2 Å². The lowest BCUT2D eigenvalue weighted by molar-refractivity contribution is -0.132. The minimum atomic E-state index is 0.257. The average molecular weight is 307 g/mol. The topological polar surface area (TPSA) is 44.6 Å². The van der Waals surface area contributed by atoms with Crippen molar-refractivity contribution in [3.63, 3.8) is 0 Å². The van der Waals surface area contributed by atoms with E-state index in [1.54, 1.807) is 0 Å². The molecule has 6 nitrogen and oxygen atoms in total. The zero-order valence-electron chi connectivity index (χ0n) is 14.2. The van der Waals surface area contributed by atoms with Crippen LogP contribution >= 0.6 is 0 Å². The summed E-state index contributed by atoms with van der Waals surface area (Å²) in [6.45, 7) is 14.4. The van der Waals surface area contributed by atoms with Crippen LogP contribution in [0.3, 0.4) is 0 Å². The second-order valence-electron chi connectivity index (χ2n) is 5.85. The van der Waals surface area contributed by atoms with Gasteiger partial charge in [0.1, 0.15) is 5.82 Å². The molecular weight excluding hydrogens is 278 g/mol. The van der Waals surface area contributed by atoms with E-state index in [9.17, 15) is 4.79 Å². The van der Waals surface area contributed by atoms with Crippen LogP contribution in [0.2, 0.25) is 0 Å². The highest BCUT2D eigenvalue weighted by molar-refractivity contribution is 5.78. The summed E-state index contributed by atoms with van der Waals surface area (Å²) in [5, 5.41) is 0. The number of piperazine rings is 1. The van der Waals surface area contributed by atoms with Gasteiger partial charge in [-0.1, -0.05) is 0 Å². The third-order valence-corrected chi connectivity index (χ3v) is 4.52. The summed E-state index contributed by atoms with van der Waals surface area (Å²) in [7, 11) is 0. The highest BCUT2D eigenvalue weighted by Crippen LogP contribution is 2.04.